The van der Waals surface area contributed by atoms with Crippen LogP contribution in [-0.2, 0) is 4.79 Å². The van der Waals surface area contributed by atoms with Crippen molar-refractivity contribution >= 4 is 35.1 Å². The van der Waals surface area contributed by atoms with Crippen molar-refractivity contribution in [3.8, 4) is 5.75 Å². The van der Waals surface area contributed by atoms with Crippen molar-refractivity contribution in [1.82, 2.24) is 10.6 Å². The van der Waals surface area contributed by atoms with Gasteiger partial charge in [0.15, 0.2) is 6.10 Å². The molecule has 1 aromatic carbocycles. The van der Waals surface area contributed by atoms with Crippen LogP contribution in [0.15, 0.2) is 18.2 Å². The number of carbonyl (C=O) groups is 2. The molecule has 0 aliphatic carbocycles. The van der Waals surface area contributed by atoms with Crippen molar-refractivity contribution in [2.75, 3.05) is 7.05 Å². The lowest BCUT2D eigenvalue weighted by Crippen LogP contribution is -2.43. The van der Waals surface area contributed by atoms with Crippen LogP contribution in [0.3, 0.4) is 0 Å². The van der Waals surface area contributed by atoms with E-state index < -0.39 is 18.0 Å². The lowest BCUT2D eigenvalue weighted by Gasteiger charge is -2.15. The normalized spacial score (nSPS) is 11.6. The first-order valence-electron chi connectivity index (χ1n) is 5.08. The molecular formula is C11H12Cl2N2O3. The lowest BCUT2D eigenvalue weighted by molar-refractivity contribution is -0.126. The highest BCUT2D eigenvalue weighted by molar-refractivity contribution is 6.35. The molecule has 0 radical (unpaired) electrons. The van der Waals surface area contributed by atoms with Gasteiger partial charge in [-0.15, -0.1) is 0 Å². The minimum Gasteiger partial charge on any atom is -0.479 e. The van der Waals surface area contributed by atoms with Gasteiger partial charge < -0.3 is 10.1 Å². The van der Waals surface area contributed by atoms with E-state index in [0.29, 0.717) is 15.8 Å². The molecule has 0 heterocycles. The Bertz CT molecular complexity index is 466. The standard InChI is InChI=1S/C11H12Cl2N2O3/c1-6(10(16)15-11(17)14-2)18-9-4-3-7(12)5-8(9)13/h3-6H,1-2H3,(H2,14,15,16,17). The number of nitrogens with one attached hydrogen (secondary N) is 2. The number of imide groups is 1. The topological polar surface area (TPSA) is 67.4 Å². The van der Waals surface area contributed by atoms with Crippen molar-refractivity contribution in [2.24, 2.45) is 0 Å². The van der Waals surface area contributed by atoms with E-state index in [1.807, 2.05) is 0 Å². The first kappa shape index (κ1) is 14.6. The first-order valence-corrected chi connectivity index (χ1v) is 5.84. The minimum atomic E-state index is -0.860. The maximum absolute atomic E-state index is 11.5. The maximum Gasteiger partial charge on any atom is 0.321 e. The van der Waals surface area contributed by atoms with Crippen LogP contribution in [0.5, 0.6) is 5.75 Å². The Kier molecular flexibility index (Phi) is 5.25. The second-order valence-corrected chi connectivity index (χ2v) is 4.25. The van der Waals surface area contributed by atoms with Gasteiger partial charge in [0.05, 0.1) is 5.02 Å². The highest BCUT2D eigenvalue weighted by Gasteiger charge is 2.17. The van der Waals surface area contributed by atoms with Crippen molar-refractivity contribution < 1.29 is 14.3 Å². The summed E-state index contributed by atoms with van der Waals surface area (Å²) < 4.78 is 5.32. The Morgan fingerprint density at radius 1 is 1.33 bits per heavy atom. The molecule has 7 heteroatoms. The van der Waals surface area contributed by atoms with Crippen molar-refractivity contribution in [2.45, 2.75) is 13.0 Å². The van der Waals surface area contributed by atoms with Gasteiger partial charge in [0.25, 0.3) is 5.91 Å². The van der Waals surface area contributed by atoms with Gasteiger partial charge in [0, 0.05) is 12.1 Å². The summed E-state index contributed by atoms with van der Waals surface area (Å²) in [7, 11) is 1.41. The average Bonchev–Trinajstić information content (AvgIpc) is 2.32. The third-order valence-electron chi connectivity index (χ3n) is 2.03. The van der Waals surface area contributed by atoms with E-state index in [1.54, 1.807) is 12.1 Å². The summed E-state index contributed by atoms with van der Waals surface area (Å²) in [4.78, 5) is 22.5. The van der Waals surface area contributed by atoms with Gasteiger partial charge in [0.1, 0.15) is 5.75 Å². The Balaban J connectivity index is 2.66. The molecule has 0 aromatic heterocycles. The molecule has 0 spiro atoms. The summed E-state index contributed by atoms with van der Waals surface area (Å²) in [6.45, 7) is 1.50. The fourth-order valence-corrected chi connectivity index (χ4v) is 1.54. The van der Waals surface area contributed by atoms with Crippen molar-refractivity contribution in [3.63, 3.8) is 0 Å². The second-order valence-electron chi connectivity index (χ2n) is 3.40. The predicted molar refractivity (Wildman–Crippen MR) is 69.2 cm³/mol. The van der Waals surface area contributed by atoms with E-state index in [-0.39, 0.29) is 0 Å². The average molecular weight is 291 g/mol. The molecule has 5 nitrogen and oxygen atoms in total. The Morgan fingerprint density at radius 3 is 2.56 bits per heavy atom. The van der Waals surface area contributed by atoms with Crippen molar-refractivity contribution in [1.29, 1.82) is 0 Å². The summed E-state index contributed by atoms with van der Waals surface area (Å²) in [5.41, 5.74) is 0. The van der Waals surface area contributed by atoms with Crippen LogP contribution in [0.25, 0.3) is 0 Å². The van der Waals surface area contributed by atoms with Crippen LogP contribution in [0, 0.1) is 0 Å². The molecule has 1 aromatic rings. The molecule has 1 unspecified atom stereocenters. The number of hydrogen-bond donors (Lipinski definition) is 2. The number of halogens is 2. The molecule has 18 heavy (non-hydrogen) atoms. The minimum absolute atomic E-state index is 0.294. The van der Waals surface area contributed by atoms with E-state index >= 15 is 0 Å². The second kappa shape index (κ2) is 6.47. The monoisotopic (exact) mass is 290 g/mol. The highest BCUT2D eigenvalue weighted by Crippen LogP contribution is 2.28. The van der Waals surface area contributed by atoms with E-state index in [1.165, 1.54) is 20.0 Å². The summed E-state index contributed by atoms with van der Waals surface area (Å²) in [5, 5.41) is 5.12. The number of amides is 3. The first-order chi connectivity index (χ1) is 8.43. The maximum atomic E-state index is 11.5. The molecule has 1 rings (SSSR count). The fraction of sp³-hybridized carbons (Fsp3) is 0.273. The fourth-order valence-electron chi connectivity index (χ4n) is 1.09. The molecule has 98 valence electrons. The summed E-state index contributed by atoms with van der Waals surface area (Å²) in [6, 6.07) is 4.04. The molecular weight excluding hydrogens is 279 g/mol. The van der Waals surface area contributed by atoms with Crippen LogP contribution < -0.4 is 15.4 Å². The van der Waals surface area contributed by atoms with Crippen LogP contribution in [0.2, 0.25) is 10.0 Å². The number of hydrogen-bond acceptors (Lipinski definition) is 3. The van der Waals surface area contributed by atoms with Crippen LogP contribution >= 0.6 is 23.2 Å². The van der Waals surface area contributed by atoms with Crippen LogP contribution in [0.1, 0.15) is 6.92 Å². The number of carbonyl (C=O) groups excluding carboxylic acids is 2. The van der Waals surface area contributed by atoms with Gasteiger partial charge in [-0.05, 0) is 25.1 Å². The van der Waals surface area contributed by atoms with Crippen LogP contribution in [0.4, 0.5) is 4.79 Å². The molecule has 0 saturated carbocycles. The Hall–Kier alpha value is -1.46. The van der Waals surface area contributed by atoms with Gasteiger partial charge >= 0.3 is 6.03 Å². The zero-order valence-corrected chi connectivity index (χ0v) is 11.3. The molecule has 0 saturated heterocycles. The third kappa shape index (κ3) is 4.09. The number of benzene rings is 1. The van der Waals surface area contributed by atoms with E-state index in [2.05, 4.69) is 10.6 Å². The summed E-state index contributed by atoms with van der Waals surface area (Å²) in [6.07, 6.45) is -0.860. The Morgan fingerprint density at radius 2 is 2.00 bits per heavy atom. The molecule has 0 aliphatic rings. The van der Waals surface area contributed by atoms with Crippen molar-refractivity contribution in [3.05, 3.63) is 28.2 Å². The van der Waals surface area contributed by atoms with Gasteiger partial charge in [-0.2, -0.15) is 0 Å². The number of urea groups is 1. The summed E-state index contributed by atoms with van der Waals surface area (Å²) in [5.74, 6) is -0.249. The SMILES string of the molecule is CNC(=O)NC(=O)C(C)Oc1ccc(Cl)cc1Cl. The smallest absolute Gasteiger partial charge is 0.321 e. The highest BCUT2D eigenvalue weighted by atomic mass is 35.5. The van der Waals surface area contributed by atoms with E-state index in [9.17, 15) is 9.59 Å². The molecule has 1 atom stereocenters. The largest absolute Gasteiger partial charge is 0.479 e. The van der Waals surface area contributed by atoms with Gasteiger partial charge in [-0.3, -0.25) is 10.1 Å². The van der Waals surface area contributed by atoms with Gasteiger partial charge in [0.2, 0.25) is 0 Å². The summed E-state index contributed by atoms with van der Waals surface area (Å²) >= 11 is 11.6. The van der Waals surface area contributed by atoms with Gasteiger partial charge in [-0.1, -0.05) is 23.2 Å². The third-order valence-corrected chi connectivity index (χ3v) is 2.56. The predicted octanol–water partition coefficient (Wildman–Crippen LogP) is 2.22. The number of rotatable bonds is 3. The molecule has 3 amide bonds. The van der Waals surface area contributed by atoms with E-state index in [4.69, 9.17) is 27.9 Å². The van der Waals surface area contributed by atoms with Crippen LogP contribution in [-0.4, -0.2) is 25.1 Å². The molecule has 0 bridgehead atoms. The van der Waals surface area contributed by atoms with Gasteiger partial charge in [-0.25, -0.2) is 4.79 Å². The number of ether oxygens (including phenoxy) is 1. The zero-order valence-electron chi connectivity index (χ0n) is 9.79. The quantitative estimate of drug-likeness (QED) is 0.897. The zero-order chi connectivity index (χ0) is 13.7. The molecule has 0 aliphatic heterocycles. The van der Waals surface area contributed by atoms with E-state index in [0.717, 1.165) is 0 Å². The molecule has 0 fully saturated rings. The Labute approximate surface area is 114 Å². The lowest BCUT2D eigenvalue weighted by atomic mass is 10.3. The molecule has 2 N–H and O–H groups in total.